The number of benzene rings is 1. The van der Waals surface area contributed by atoms with Gasteiger partial charge in [-0.3, -0.25) is 5.32 Å². The van der Waals surface area contributed by atoms with Crippen LogP contribution in [0.15, 0.2) is 12.1 Å². The monoisotopic (exact) mass is 247 g/mol. The Hall–Kier alpha value is -1.86. The van der Waals surface area contributed by atoms with Gasteiger partial charge in [0, 0.05) is 18.2 Å². The van der Waals surface area contributed by atoms with Gasteiger partial charge in [-0.15, -0.1) is 6.42 Å². The predicted octanol–water partition coefficient (Wildman–Crippen LogP) is 2.01. The summed E-state index contributed by atoms with van der Waals surface area (Å²) in [5.41, 5.74) is 0.760. The predicted molar refractivity (Wildman–Crippen MR) is 68.6 cm³/mol. The molecule has 0 aliphatic carbocycles. The molecule has 18 heavy (non-hydrogen) atoms. The molecule has 0 saturated carbocycles. The summed E-state index contributed by atoms with van der Waals surface area (Å²) in [5, 5.41) is 13.1. The second kappa shape index (κ2) is 5.65. The van der Waals surface area contributed by atoms with Gasteiger partial charge in [-0.1, -0.05) is 19.3 Å². The fourth-order valence-electron chi connectivity index (χ4n) is 1.88. The number of ether oxygens (including phenoxy) is 2. The van der Waals surface area contributed by atoms with E-state index in [0.29, 0.717) is 18.0 Å². The highest BCUT2D eigenvalue weighted by atomic mass is 16.7. The molecule has 2 rings (SSSR count). The lowest BCUT2D eigenvalue weighted by Crippen LogP contribution is -2.26. The number of hydrogen-bond donors (Lipinski definition) is 2. The lowest BCUT2D eigenvalue weighted by atomic mass is 10.1. The first-order valence-corrected chi connectivity index (χ1v) is 6.05. The van der Waals surface area contributed by atoms with Gasteiger partial charge in [0.1, 0.15) is 5.75 Å². The third kappa shape index (κ3) is 2.69. The summed E-state index contributed by atoms with van der Waals surface area (Å²) in [5.74, 6) is 4.14. The van der Waals surface area contributed by atoms with Crippen molar-refractivity contribution in [1.82, 2.24) is 5.32 Å². The topological polar surface area (TPSA) is 50.7 Å². The Morgan fingerprint density at radius 2 is 2.17 bits per heavy atom. The van der Waals surface area contributed by atoms with Gasteiger partial charge in [0.15, 0.2) is 11.5 Å². The van der Waals surface area contributed by atoms with Crippen LogP contribution in [-0.2, 0) is 6.54 Å². The number of nitrogens with one attached hydrogen (secondary N) is 1. The smallest absolute Gasteiger partial charge is 0.231 e. The van der Waals surface area contributed by atoms with E-state index in [-0.39, 0.29) is 18.6 Å². The molecule has 0 fully saturated rings. The molecule has 1 atom stereocenters. The maximum absolute atomic E-state index is 9.86. The van der Waals surface area contributed by atoms with Crippen molar-refractivity contribution in [3.63, 3.8) is 0 Å². The second-order valence-electron chi connectivity index (χ2n) is 4.22. The molecule has 0 aromatic heterocycles. The van der Waals surface area contributed by atoms with Crippen LogP contribution in [0.5, 0.6) is 17.2 Å². The Labute approximate surface area is 107 Å². The third-order valence-electron chi connectivity index (χ3n) is 2.89. The summed E-state index contributed by atoms with van der Waals surface area (Å²) in [6.45, 7) is 2.80. The van der Waals surface area contributed by atoms with Crippen LogP contribution in [0.25, 0.3) is 0 Å². The van der Waals surface area contributed by atoms with Crippen molar-refractivity contribution in [1.29, 1.82) is 0 Å². The summed E-state index contributed by atoms with van der Waals surface area (Å²) in [7, 11) is 0. The van der Waals surface area contributed by atoms with Crippen molar-refractivity contribution < 1.29 is 14.6 Å². The molecule has 4 heteroatoms. The van der Waals surface area contributed by atoms with E-state index >= 15 is 0 Å². The van der Waals surface area contributed by atoms with Crippen molar-refractivity contribution in [3.05, 3.63) is 17.7 Å². The number of phenolic OH excluding ortho intramolecular Hbond substituents is 1. The molecule has 1 aliphatic rings. The van der Waals surface area contributed by atoms with E-state index in [2.05, 4.69) is 18.2 Å². The quantitative estimate of drug-likeness (QED) is 0.781. The Morgan fingerprint density at radius 3 is 2.83 bits per heavy atom. The molecule has 0 radical (unpaired) electrons. The van der Waals surface area contributed by atoms with Gasteiger partial charge in [-0.25, -0.2) is 0 Å². The average Bonchev–Trinajstić information content (AvgIpc) is 2.81. The van der Waals surface area contributed by atoms with Crippen molar-refractivity contribution in [2.24, 2.45) is 0 Å². The largest absolute Gasteiger partial charge is 0.507 e. The minimum absolute atomic E-state index is 0.0276. The molecule has 0 amide bonds. The maximum Gasteiger partial charge on any atom is 0.231 e. The molecule has 4 nitrogen and oxygen atoms in total. The van der Waals surface area contributed by atoms with Crippen LogP contribution in [-0.4, -0.2) is 17.9 Å². The molecule has 1 aromatic rings. The molecule has 1 aromatic carbocycles. The standard InChI is InChI=1S/C14H17NO3/c1-3-5-11(4-2)15-8-10-6-13-14(7-12(10)16)18-9-17-13/h2,6-7,11,15-16H,3,5,8-9H2,1H3. The zero-order valence-corrected chi connectivity index (χ0v) is 10.4. The zero-order valence-electron chi connectivity index (χ0n) is 10.4. The van der Waals surface area contributed by atoms with Crippen molar-refractivity contribution in [2.45, 2.75) is 32.4 Å². The van der Waals surface area contributed by atoms with Crippen molar-refractivity contribution >= 4 is 0 Å². The van der Waals surface area contributed by atoms with E-state index in [1.54, 1.807) is 12.1 Å². The first kappa shape index (κ1) is 12.6. The molecule has 0 saturated heterocycles. The number of hydrogen-bond acceptors (Lipinski definition) is 4. The van der Waals surface area contributed by atoms with Crippen LogP contribution in [0.3, 0.4) is 0 Å². The summed E-state index contributed by atoms with van der Waals surface area (Å²) >= 11 is 0. The van der Waals surface area contributed by atoms with Gasteiger partial charge >= 0.3 is 0 Å². The van der Waals surface area contributed by atoms with Crippen LogP contribution < -0.4 is 14.8 Å². The van der Waals surface area contributed by atoms with Crippen LogP contribution >= 0.6 is 0 Å². The van der Waals surface area contributed by atoms with E-state index in [0.717, 1.165) is 18.4 Å². The summed E-state index contributed by atoms with van der Waals surface area (Å²) < 4.78 is 10.5. The number of terminal acetylenes is 1. The van der Waals surface area contributed by atoms with Crippen LogP contribution in [0.4, 0.5) is 0 Å². The third-order valence-corrected chi connectivity index (χ3v) is 2.89. The zero-order chi connectivity index (χ0) is 13.0. The SMILES string of the molecule is C#CC(CCC)NCc1cc2c(cc1O)OCO2. The normalized spacial score (nSPS) is 14.2. The van der Waals surface area contributed by atoms with Gasteiger partial charge < -0.3 is 14.6 Å². The summed E-state index contributed by atoms with van der Waals surface area (Å²) in [6.07, 6.45) is 7.37. The van der Waals surface area contributed by atoms with E-state index in [4.69, 9.17) is 15.9 Å². The number of rotatable bonds is 5. The molecule has 0 spiro atoms. The van der Waals surface area contributed by atoms with Gasteiger partial charge in [-0.05, 0) is 12.5 Å². The number of aromatic hydroxyl groups is 1. The number of fused-ring (bicyclic) bond motifs is 1. The molecule has 96 valence electrons. The maximum atomic E-state index is 9.86. The minimum atomic E-state index is 0.0276. The van der Waals surface area contributed by atoms with Crippen molar-refractivity contribution in [2.75, 3.05) is 6.79 Å². The van der Waals surface area contributed by atoms with E-state index in [1.807, 2.05) is 0 Å². The van der Waals surface area contributed by atoms with Crippen LogP contribution in [0, 0.1) is 12.3 Å². The van der Waals surface area contributed by atoms with Crippen LogP contribution in [0.2, 0.25) is 0 Å². The summed E-state index contributed by atoms with van der Waals surface area (Å²) in [4.78, 5) is 0. The lowest BCUT2D eigenvalue weighted by Gasteiger charge is -2.13. The Bertz CT molecular complexity index is 465. The van der Waals surface area contributed by atoms with E-state index in [9.17, 15) is 5.11 Å². The van der Waals surface area contributed by atoms with Gasteiger partial charge in [0.25, 0.3) is 0 Å². The molecule has 2 N–H and O–H groups in total. The second-order valence-corrected chi connectivity index (χ2v) is 4.22. The van der Waals surface area contributed by atoms with E-state index < -0.39 is 0 Å². The van der Waals surface area contributed by atoms with Gasteiger partial charge in [-0.2, -0.15) is 0 Å². The fourth-order valence-corrected chi connectivity index (χ4v) is 1.88. The minimum Gasteiger partial charge on any atom is -0.507 e. The Morgan fingerprint density at radius 1 is 1.44 bits per heavy atom. The summed E-state index contributed by atoms with van der Waals surface area (Å²) in [6, 6.07) is 3.38. The molecule has 1 heterocycles. The number of phenols is 1. The van der Waals surface area contributed by atoms with Gasteiger partial charge in [0.2, 0.25) is 6.79 Å². The molecule has 1 aliphatic heterocycles. The van der Waals surface area contributed by atoms with Crippen LogP contribution in [0.1, 0.15) is 25.3 Å². The Kier molecular flexibility index (Phi) is 3.96. The Balaban J connectivity index is 2.04. The highest BCUT2D eigenvalue weighted by Gasteiger charge is 2.17. The molecule has 1 unspecified atom stereocenters. The highest BCUT2D eigenvalue weighted by Crippen LogP contribution is 2.37. The highest BCUT2D eigenvalue weighted by molar-refractivity contribution is 5.51. The molecular weight excluding hydrogens is 230 g/mol. The molecular formula is C14H17NO3. The van der Waals surface area contributed by atoms with Gasteiger partial charge in [0.05, 0.1) is 6.04 Å². The van der Waals surface area contributed by atoms with Crippen molar-refractivity contribution in [3.8, 4) is 29.6 Å². The lowest BCUT2D eigenvalue weighted by molar-refractivity contribution is 0.174. The first-order valence-electron chi connectivity index (χ1n) is 6.05. The fraction of sp³-hybridized carbons (Fsp3) is 0.429. The van der Waals surface area contributed by atoms with E-state index in [1.165, 1.54) is 0 Å². The first-order chi connectivity index (χ1) is 8.74. The molecule has 0 bridgehead atoms. The average molecular weight is 247 g/mol.